The van der Waals surface area contributed by atoms with Crippen LogP contribution in [0.15, 0.2) is 22.8 Å². The number of fused-ring (bicyclic) bond motifs is 4. The number of Topliss-reactive ketones (excluding diaryl/α,β-unsaturated/α-hetero) is 3. The Bertz CT molecular complexity index is 1010. The summed E-state index contributed by atoms with van der Waals surface area (Å²) < 4.78 is 0. The predicted octanol–water partition coefficient (Wildman–Crippen LogP) is 6.22. The highest BCUT2D eigenvalue weighted by Gasteiger charge is 2.67. The van der Waals surface area contributed by atoms with E-state index in [1.165, 1.54) is 0 Å². The maximum atomic E-state index is 14.0. The molecule has 0 aromatic heterocycles. The van der Waals surface area contributed by atoms with Crippen LogP contribution in [0.25, 0.3) is 0 Å². The molecule has 0 bridgehead atoms. The maximum Gasteiger partial charge on any atom is 0.160 e. The lowest BCUT2D eigenvalue weighted by Gasteiger charge is -2.59. The molecular formula is C30H42O4. The van der Waals surface area contributed by atoms with Gasteiger partial charge in [0.05, 0.1) is 0 Å². The van der Waals surface area contributed by atoms with E-state index in [2.05, 4.69) is 27.7 Å². The fourth-order valence-corrected chi connectivity index (χ4v) is 8.75. The normalized spacial score (nSPS) is 40.6. The van der Waals surface area contributed by atoms with Crippen molar-refractivity contribution in [3.8, 4) is 0 Å². The van der Waals surface area contributed by atoms with Crippen LogP contribution < -0.4 is 0 Å². The third kappa shape index (κ3) is 3.30. The summed E-state index contributed by atoms with van der Waals surface area (Å²) in [4.78, 5) is 51.6. The number of hydrogen-bond acceptors (Lipinski definition) is 4. The first kappa shape index (κ1) is 25.3. The molecule has 4 aliphatic carbocycles. The van der Waals surface area contributed by atoms with E-state index < -0.39 is 10.8 Å². The second kappa shape index (κ2) is 8.10. The van der Waals surface area contributed by atoms with Crippen molar-refractivity contribution in [2.24, 2.45) is 39.4 Å². The summed E-state index contributed by atoms with van der Waals surface area (Å²) in [7, 11) is 0. The lowest BCUT2D eigenvalue weighted by molar-refractivity contribution is -0.146. The van der Waals surface area contributed by atoms with E-state index in [0.717, 1.165) is 48.7 Å². The SMILES string of the molecule is CC(C=O)=CCCC(C)C1CCC2(C)C3=C(C(=O)CC12C)C1(C)CCC(=O)C(C)(C)C1CC3=O. The minimum atomic E-state index is -0.580. The summed E-state index contributed by atoms with van der Waals surface area (Å²) >= 11 is 0. The molecular weight excluding hydrogens is 424 g/mol. The van der Waals surface area contributed by atoms with Crippen LogP contribution in [-0.2, 0) is 19.2 Å². The summed E-state index contributed by atoms with van der Waals surface area (Å²) in [5.41, 5.74) is 0.840. The standard InChI is InChI=1S/C30H42O4/c1-18(17-31)9-8-10-19(2)20-11-14-29(6)26-21(32)15-23-27(3,4)24(34)12-13-28(23,5)25(26)22(33)16-30(20,29)7/h9,17,19-20,23H,8,10-16H2,1-7H3. The van der Waals surface area contributed by atoms with Gasteiger partial charge < -0.3 is 0 Å². The highest BCUT2D eigenvalue weighted by Crippen LogP contribution is 2.70. The van der Waals surface area contributed by atoms with Crippen molar-refractivity contribution >= 4 is 23.6 Å². The van der Waals surface area contributed by atoms with E-state index in [9.17, 15) is 19.2 Å². The van der Waals surface area contributed by atoms with Crippen LogP contribution in [-0.4, -0.2) is 23.6 Å². The van der Waals surface area contributed by atoms with Gasteiger partial charge in [0.15, 0.2) is 11.6 Å². The van der Waals surface area contributed by atoms with Gasteiger partial charge in [0.25, 0.3) is 0 Å². The second-order valence-corrected chi connectivity index (χ2v) is 13.1. The van der Waals surface area contributed by atoms with Crippen molar-refractivity contribution in [3.05, 3.63) is 22.8 Å². The summed E-state index contributed by atoms with van der Waals surface area (Å²) in [5.74, 6) is 1.15. The van der Waals surface area contributed by atoms with Crippen LogP contribution in [0.2, 0.25) is 0 Å². The van der Waals surface area contributed by atoms with Crippen LogP contribution in [0.1, 0.15) is 99.8 Å². The third-order valence-corrected chi connectivity index (χ3v) is 11.1. The molecule has 0 aromatic rings. The first-order chi connectivity index (χ1) is 15.7. The monoisotopic (exact) mass is 466 g/mol. The van der Waals surface area contributed by atoms with Gasteiger partial charge in [-0.2, -0.15) is 0 Å². The minimum Gasteiger partial charge on any atom is -0.299 e. The fraction of sp³-hybridized carbons (Fsp3) is 0.733. The molecule has 6 atom stereocenters. The molecule has 186 valence electrons. The van der Waals surface area contributed by atoms with E-state index >= 15 is 0 Å². The van der Waals surface area contributed by atoms with Crippen LogP contribution in [0.4, 0.5) is 0 Å². The molecule has 0 aliphatic heterocycles. The number of ketones is 3. The average Bonchev–Trinajstić information content (AvgIpc) is 3.03. The number of carbonyl (C=O) groups excluding carboxylic acids is 4. The van der Waals surface area contributed by atoms with E-state index in [-0.39, 0.29) is 34.1 Å². The molecule has 4 nitrogen and oxygen atoms in total. The van der Waals surface area contributed by atoms with Gasteiger partial charge in [0, 0.05) is 46.7 Å². The van der Waals surface area contributed by atoms with Gasteiger partial charge in [-0.1, -0.05) is 47.6 Å². The van der Waals surface area contributed by atoms with Gasteiger partial charge in [-0.15, -0.1) is 0 Å². The van der Waals surface area contributed by atoms with Crippen LogP contribution in [0, 0.1) is 39.4 Å². The van der Waals surface area contributed by atoms with Gasteiger partial charge in [0.1, 0.15) is 12.1 Å². The zero-order valence-electron chi connectivity index (χ0n) is 22.2. The number of hydrogen-bond donors (Lipinski definition) is 0. The number of rotatable bonds is 5. The molecule has 0 N–H and O–H groups in total. The summed E-state index contributed by atoms with van der Waals surface area (Å²) in [6, 6.07) is 0. The fourth-order valence-electron chi connectivity index (χ4n) is 8.75. The molecule has 0 radical (unpaired) electrons. The molecule has 0 heterocycles. The summed E-state index contributed by atoms with van der Waals surface area (Å²) in [5, 5.41) is 0. The van der Waals surface area contributed by atoms with E-state index in [0.29, 0.717) is 37.5 Å². The Morgan fingerprint density at radius 3 is 2.35 bits per heavy atom. The molecule has 34 heavy (non-hydrogen) atoms. The smallest absolute Gasteiger partial charge is 0.160 e. The van der Waals surface area contributed by atoms with Crippen molar-refractivity contribution < 1.29 is 19.2 Å². The topological polar surface area (TPSA) is 68.3 Å². The van der Waals surface area contributed by atoms with Crippen LogP contribution in [0.5, 0.6) is 0 Å². The molecule has 4 rings (SSSR count). The lowest BCUT2D eigenvalue weighted by atomic mass is 9.43. The molecule has 2 fully saturated rings. The van der Waals surface area contributed by atoms with Crippen molar-refractivity contribution in [1.82, 2.24) is 0 Å². The first-order valence-electron chi connectivity index (χ1n) is 13.2. The van der Waals surface area contributed by atoms with Gasteiger partial charge in [-0.25, -0.2) is 0 Å². The third-order valence-electron chi connectivity index (χ3n) is 11.1. The highest BCUT2D eigenvalue weighted by molar-refractivity contribution is 6.12. The van der Waals surface area contributed by atoms with Gasteiger partial charge in [-0.3, -0.25) is 19.2 Å². The Kier molecular flexibility index (Phi) is 6.02. The Labute approximate surface area is 205 Å². The van der Waals surface area contributed by atoms with Crippen molar-refractivity contribution in [2.75, 3.05) is 0 Å². The largest absolute Gasteiger partial charge is 0.299 e. The minimum absolute atomic E-state index is 0.103. The zero-order valence-corrected chi connectivity index (χ0v) is 22.2. The zero-order chi connectivity index (χ0) is 25.3. The van der Waals surface area contributed by atoms with Crippen molar-refractivity contribution in [1.29, 1.82) is 0 Å². The molecule has 0 saturated heterocycles. The second-order valence-electron chi connectivity index (χ2n) is 13.1. The Morgan fingerprint density at radius 2 is 1.71 bits per heavy atom. The number of allylic oxidation sites excluding steroid dienone is 4. The molecule has 4 aliphatic rings. The molecule has 0 spiro atoms. The predicted molar refractivity (Wildman–Crippen MR) is 133 cm³/mol. The van der Waals surface area contributed by atoms with Gasteiger partial charge in [0.2, 0.25) is 0 Å². The van der Waals surface area contributed by atoms with Crippen LogP contribution in [0.3, 0.4) is 0 Å². The van der Waals surface area contributed by atoms with Crippen LogP contribution >= 0.6 is 0 Å². The highest BCUT2D eigenvalue weighted by atomic mass is 16.1. The number of carbonyl (C=O) groups is 4. The molecule has 0 aromatic carbocycles. The average molecular weight is 467 g/mol. The summed E-state index contributed by atoms with van der Waals surface area (Å²) in [6.07, 6.45) is 8.72. The lowest BCUT2D eigenvalue weighted by Crippen LogP contribution is -2.58. The van der Waals surface area contributed by atoms with E-state index in [1.807, 2.05) is 26.8 Å². The van der Waals surface area contributed by atoms with Crippen molar-refractivity contribution in [2.45, 2.75) is 99.8 Å². The number of aldehydes is 1. The van der Waals surface area contributed by atoms with E-state index in [4.69, 9.17) is 0 Å². The van der Waals surface area contributed by atoms with Crippen molar-refractivity contribution in [3.63, 3.8) is 0 Å². The van der Waals surface area contributed by atoms with E-state index in [1.54, 1.807) is 0 Å². The van der Waals surface area contributed by atoms with Gasteiger partial charge in [-0.05, 0) is 67.8 Å². The Balaban J connectivity index is 1.74. The van der Waals surface area contributed by atoms with Gasteiger partial charge >= 0.3 is 0 Å². The molecule has 2 saturated carbocycles. The molecule has 0 amide bonds. The maximum absolute atomic E-state index is 14.0. The summed E-state index contributed by atoms with van der Waals surface area (Å²) in [6.45, 7) is 14.7. The first-order valence-corrected chi connectivity index (χ1v) is 13.2. The Morgan fingerprint density at radius 1 is 1.03 bits per heavy atom. The molecule has 6 unspecified atom stereocenters. The Hall–Kier alpha value is -1.84. The quantitative estimate of drug-likeness (QED) is 0.356. The molecule has 4 heteroatoms.